The highest BCUT2D eigenvalue weighted by Gasteiger charge is 2.59. The van der Waals surface area contributed by atoms with Crippen LogP contribution >= 0.6 is 45.2 Å². The molecule has 1 saturated heterocycles. The van der Waals surface area contributed by atoms with E-state index >= 15 is 0 Å². The Hall–Kier alpha value is -0.380. The smallest absolute Gasteiger partial charge is 0.244 e. The lowest BCUT2D eigenvalue weighted by molar-refractivity contribution is -0.232. The van der Waals surface area contributed by atoms with Crippen molar-refractivity contribution in [2.75, 3.05) is 0 Å². The maximum atomic E-state index is 6.38. The second kappa shape index (κ2) is 4.81. The van der Waals surface area contributed by atoms with Gasteiger partial charge >= 0.3 is 0 Å². The van der Waals surface area contributed by atoms with Gasteiger partial charge in [-0.1, -0.05) is 24.3 Å². The van der Waals surface area contributed by atoms with Crippen LogP contribution in [0.1, 0.15) is 35.3 Å². The van der Waals surface area contributed by atoms with Gasteiger partial charge in [0.1, 0.15) is 11.9 Å². The molecule has 0 saturated carbocycles. The topological polar surface area (TPSA) is 27.7 Å². The molecule has 2 aromatic carbocycles. The number of rotatable bonds is 0. The molecule has 22 heavy (non-hydrogen) atoms. The fraction of sp³-hybridized carbons (Fsp3) is 0.294. The van der Waals surface area contributed by atoms with Gasteiger partial charge in [-0.2, -0.15) is 0 Å². The van der Waals surface area contributed by atoms with Crippen LogP contribution in [0.4, 0.5) is 0 Å². The summed E-state index contributed by atoms with van der Waals surface area (Å²) in [6, 6.07) is 12.6. The Balaban J connectivity index is 1.59. The van der Waals surface area contributed by atoms with Gasteiger partial charge in [-0.05, 0) is 68.4 Å². The van der Waals surface area contributed by atoms with Gasteiger partial charge in [0.05, 0.1) is 12.7 Å². The molecule has 5 rings (SSSR count). The third kappa shape index (κ3) is 1.85. The summed E-state index contributed by atoms with van der Waals surface area (Å²) < 4.78 is 21.1. The van der Waals surface area contributed by atoms with Crippen LogP contribution in [-0.4, -0.2) is 5.79 Å². The Morgan fingerprint density at radius 2 is 1.91 bits per heavy atom. The summed E-state index contributed by atoms with van der Waals surface area (Å²) in [6.45, 7) is 0.583. The maximum absolute atomic E-state index is 6.38. The van der Waals surface area contributed by atoms with Crippen molar-refractivity contribution in [3.05, 3.63) is 60.2 Å². The minimum Gasteiger partial charge on any atom is -0.459 e. The summed E-state index contributed by atoms with van der Waals surface area (Å²) in [6.07, 6.45) is 0.720. The Morgan fingerprint density at radius 3 is 2.77 bits per heavy atom. The van der Waals surface area contributed by atoms with Gasteiger partial charge in [0.25, 0.3) is 0 Å². The molecule has 112 valence electrons. The molecule has 3 aliphatic rings. The fourth-order valence-electron chi connectivity index (χ4n) is 3.67. The molecule has 3 nitrogen and oxygen atoms in total. The van der Waals surface area contributed by atoms with Crippen molar-refractivity contribution in [1.82, 2.24) is 0 Å². The van der Waals surface area contributed by atoms with Gasteiger partial charge in [-0.15, -0.1) is 0 Å². The van der Waals surface area contributed by atoms with E-state index in [1.165, 1.54) is 18.3 Å². The second-order valence-corrected chi connectivity index (χ2v) is 8.31. The van der Waals surface area contributed by atoms with Gasteiger partial charge in [0.15, 0.2) is 0 Å². The summed E-state index contributed by atoms with van der Waals surface area (Å²) in [5.74, 6) is 0.274. The number of ether oxygens (including phenoxy) is 3. The van der Waals surface area contributed by atoms with Crippen LogP contribution in [0, 0.1) is 7.14 Å². The first-order valence-electron chi connectivity index (χ1n) is 7.21. The summed E-state index contributed by atoms with van der Waals surface area (Å²) >= 11 is 4.68. The zero-order valence-corrected chi connectivity index (χ0v) is 15.8. The number of halogens is 2. The highest BCUT2D eigenvalue weighted by molar-refractivity contribution is 14.1. The molecule has 3 heterocycles. The van der Waals surface area contributed by atoms with Crippen molar-refractivity contribution < 1.29 is 14.2 Å². The average Bonchev–Trinajstić information content (AvgIpc) is 3.03. The monoisotopic (exact) mass is 518 g/mol. The predicted octanol–water partition coefficient (Wildman–Crippen LogP) is 4.72. The van der Waals surface area contributed by atoms with Crippen LogP contribution in [0.15, 0.2) is 36.4 Å². The van der Waals surface area contributed by atoms with Gasteiger partial charge in [0.2, 0.25) is 5.79 Å². The van der Waals surface area contributed by atoms with E-state index in [4.69, 9.17) is 14.2 Å². The molecule has 3 aliphatic heterocycles. The third-order valence-electron chi connectivity index (χ3n) is 4.66. The van der Waals surface area contributed by atoms with Crippen molar-refractivity contribution in [1.29, 1.82) is 0 Å². The molecule has 0 aliphatic carbocycles. The molecule has 5 heteroatoms. The molecule has 0 amide bonds. The summed E-state index contributed by atoms with van der Waals surface area (Å²) in [5.41, 5.74) is 3.64. The fourth-order valence-corrected chi connectivity index (χ4v) is 5.62. The van der Waals surface area contributed by atoms with Crippen molar-refractivity contribution in [2.24, 2.45) is 0 Å². The molecule has 0 N–H and O–H groups in total. The van der Waals surface area contributed by atoms with Crippen molar-refractivity contribution in [3.63, 3.8) is 0 Å². The molecule has 3 atom stereocenters. The van der Waals surface area contributed by atoms with Crippen molar-refractivity contribution in [3.8, 4) is 5.75 Å². The predicted molar refractivity (Wildman–Crippen MR) is 97.7 cm³/mol. The van der Waals surface area contributed by atoms with Crippen LogP contribution in [0.3, 0.4) is 0 Å². The zero-order chi connectivity index (χ0) is 14.9. The van der Waals surface area contributed by atoms with E-state index in [0.29, 0.717) is 6.61 Å². The zero-order valence-electron chi connectivity index (χ0n) is 11.5. The lowest BCUT2D eigenvalue weighted by atomic mass is 9.86. The molecular formula is C17H12I2O3. The maximum Gasteiger partial charge on any atom is 0.244 e. The quantitative estimate of drug-likeness (QED) is 0.473. The standard InChI is InChI=1S/C17H12I2O3/c18-9-5-13(19)12-8-20-17(22-14(12)6-9)7-15-10-3-1-2-4-11(10)16(17)21-15/h1-6,15-16H,7-8H2. The molecule has 1 spiro atoms. The minimum atomic E-state index is -0.667. The van der Waals surface area contributed by atoms with E-state index in [1.54, 1.807) is 0 Å². The van der Waals surface area contributed by atoms with E-state index in [-0.39, 0.29) is 12.2 Å². The summed E-state index contributed by atoms with van der Waals surface area (Å²) in [7, 11) is 0. The molecule has 0 aromatic heterocycles. The largest absolute Gasteiger partial charge is 0.459 e. The number of hydrogen-bond donors (Lipinski definition) is 0. The lowest BCUT2D eigenvalue weighted by Gasteiger charge is -2.40. The Kier molecular flexibility index (Phi) is 3.06. The van der Waals surface area contributed by atoms with Crippen LogP contribution in [0.25, 0.3) is 0 Å². The van der Waals surface area contributed by atoms with E-state index < -0.39 is 5.79 Å². The number of benzene rings is 2. The minimum absolute atomic E-state index is 0.0876. The van der Waals surface area contributed by atoms with Crippen LogP contribution in [-0.2, 0) is 16.1 Å². The van der Waals surface area contributed by atoms with Crippen molar-refractivity contribution >= 4 is 45.2 Å². The molecule has 1 fully saturated rings. The second-order valence-electron chi connectivity index (χ2n) is 5.90. The Bertz CT molecular complexity index is 791. The number of hydrogen-bond acceptors (Lipinski definition) is 3. The van der Waals surface area contributed by atoms with E-state index in [0.717, 1.165) is 17.7 Å². The van der Waals surface area contributed by atoms with Crippen LogP contribution < -0.4 is 4.74 Å². The summed E-state index contributed by atoms with van der Waals surface area (Å²) in [4.78, 5) is 0. The Morgan fingerprint density at radius 1 is 1.09 bits per heavy atom. The first-order chi connectivity index (χ1) is 10.7. The lowest BCUT2D eigenvalue weighted by Crippen LogP contribution is -2.45. The highest BCUT2D eigenvalue weighted by Crippen LogP contribution is 2.59. The number of fused-ring (bicyclic) bond motifs is 7. The van der Waals surface area contributed by atoms with E-state index in [1.807, 2.05) is 0 Å². The third-order valence-corrected chi connectivity index (χ3v) is 6.24. The molecule has 0 radical (unpaired) electrons. The molecule has 2 bridgehead atoms. The SMILES string of the molecule is Ic1cc(I)c2c(c1)OC1(CC3OC1c1ccccc13)OC2. The highest BCUT2D eigenvalue weighted by atomic mass is 127. The van der Waals surface area contributed by atoms with Gasteiger partial charge < -0.3 is 14.2 Å². The van der Waals surface area contributed by atoms with Gasteiger partial charge in [0, 0.05) is 19.1 Å². The molecular weight excluding hydrogens is 506 g/mol. The molecule has 3 unspecified atom stereocenters. The normalized spacial score (nSPS) is 31.0. The van der Waals surface area contributed by atoms with Gasteiger partial charge in [-0.25, -0.2) is 0 Å². The first kappa shape index (κ1) is 14.0. The Labute approximate surface area is 155 Å². The van der Waals surface area contributed by atoms with Crippen LogP contribution in [0.5, 0.6) is 5.75 Å². The van der Waals surface area contributed by atoms with Crippen molar-refractivity contribution in [2.45, 2.75) is 31.0 Å². The first-order valence-corrected chi connectivity index (χ1v) is 9.37. The van der Waals surface area contributed by atoms with Gasteiger partial charge in [-0.3, -0.25) is 0 Å². The van der Waals surface area contributed by atoms with Crippen LogP contribution in [0.2, 0.25) is 0 Å². The average molecular weight is 518 g/mol. The van der Waals surface area contributed by atoms with E-state index in [9.17, 15) is 0 Å². The van der Waals surface area contributed by atoms with E-state index in [2.05, 4.69) is 81.6 Å². The summed E-state index contributed by atoms with van der Waals surface area (Å²) in [5, 5.41) is 0. The molecule has 2 aromatic rings.